The molecule has 0 saturated heterocycles. The van der Waals surface area contributed by atoms with Gasteiger partial charge in [-0.15, -0.1) is 0 Å². The van der Waals surface area contributed by atoms with Gasteiger partial charge in [0.2, 0.25) is 5.12 Å². The SMILES string of the molecule is C/C=C(/NC(=O)OCC(=O)OC(C)(C)C)SC(=O)c1ccccc1. The maximum absolute atomic E-state index is 12.1. The smallest absolute Gasteiger partial charge is 0.412 e. The van der Waals surface area contributed by atoms with E-state index >= 15 is 0 Å². The maximum atomic E-state index is 12.1. The number of ether oxygens (including phenoxy) is 2. The van der Waals surface area contributed by atoms with Crippen LogP contribution in [-0.4, -0.2) is 29.4 Å². The Labute approximate surface area is 145 Å². The maximum Gasteiger partial charge on any atom is 0.412 e. The number of esters is 1. The van der Waals surface area contributed by atoms with Crippen LogP contribution in [0.25, 0.3) is 0 Å². The van der Waals surface area contributed by atoms with Crippen molar-refractivity contribution in [2.24, 2.45) is 0 Å². The molecule has 0 aliphatic heterocycles. The third kappa shape index (κ3) is 7.82. The van der Waals surface area contributed by atoms with E-state index in [2.05, 4.69) is 5.32 Å². The average Bonchev–Trinajstić information content (AvgIpc) is 2.51. The minimum absolute atomic E-state index is 0.212. The highest BCUT2D eigenvalue weighted by Gasteiger charge is 2.18. The van der Waals surface area contributed by atoms with E-state index in [0.717, 1.165) is 11.8 Å². The zero-order chi connectivity index (χ0) is 18.2. The van der Waals surface area contributed by atoms with Crippen LogP contribution in [0.15, 0.2) is 41.4 Å². The van der Waals surface area contributed by atoms with Crippen molar-refractivity contribution < 1.29 is 23.9 Å². The molecule has 1 aromatic carbocycles. The van der Waals surface area contributed by atoms with E-state index in [0.29, 0.717) is 10.6 Å². The molecule has 6 nitrogen and oxygen atoms in total. The predicted octanol–water partition coefficient (Wildman–Crippen LogP) is 3.49. The van der Waals surface area contributed by atoms with E-state index in [1.165, 1.54) is 0 Å². The molecular weight excluding hydrogens is 330 g/mol. The molecule has 0 atom stereocenters. The molecule has 0 aliphatic carbocycles. The average molecular weight is 351 g/mol. The summed E-state index contributed by atoms with van der Waals surface area (Å²) in [6, 6.07) is 8.69. The molecule has 130 valence electrons. The topological polar surface area (TPSA) is 81.7 Å². The Morgan fingerprint density at radius 3 is 2.33 bits per heavy atom. The van der Waals surface area contributed by atoms with Crippen molar-refractivity contribution in [3.63, 3.8) is 0 Å². The van der Waals surface area contributed by atoms with Gasteiger partial charge in [-0.2, -0.15) is 0 Å². The standard InChI is InChI=1S/C17H21NO5S/c1-5-13(24-15(20)12-9-7-6-8-10-12)18-16(21)22-11-14(19)23-17(2,3)4/h5-10H,11H2,1-4H3,(H,18,21)/b13-5-. The number of carbonyl (C=O) groups is 3. The summed E-state index contributed by atoms with van der Waals surface area (Å²) in [5.74, 6) is -0.646. The molecule has 0 fully saturated rings. The number of rotatable bonds is 5. The highest BCUT2D eigenvalue weighted by molar-refractivity contribution is 8.17. The van der Waals surface area contributed by atoms with E-state index in [4.69, 9.17) is 9.47 Å². The summed E-state index contributed by atoms with van der Waals surface area (Å²) >= 11 is 0.864. The molecule has 0 bridgehead atoms. The number of hydrogen-bond donors (Lipinski definition) is 1. The quantitative estimate of drug-likeness (QED) is 0.818. The molecule has 7 heteroatoms. The minimum Gasteiger partial charge on any atom is -0.457 e. The third-order valence-electron chi connectivity index (χ3n) is 2.44. The number of amides is 1. The molecule has 0 aliphatic rings. The van der Waals surface area contributed by atoms with E-state index in [-0.39, 0.29) is 5.12 Å². The second-order valence-electron chi connectivity index (χ2n) is 5.70. The zero-order valence-electron chi connectivity index (χ0n) is 14.1. The molecule has 0 unspecified atom stereocenters. The van der Waals surface area contributed by atoms with Crippen molar-refractivity contribution in [1.82, 2.24) is 5.32 Å². The van der Waals surface area contributed by atoms with Gasteiger partial charge in [-0.05, 0) is 39.5 Å². The van der Waals surface area contributed by atoms with Gasteiger partial charge in [-0.25, -0.2) is 9.59 Å². The van der Waals surface area contributed by atoms with Crippen LogP contribution in [0.5, 0.6) is 0 Å². The van der Waals surface area contributed by atoms with Gasteiger partial charge in [0.1, 0.15) is 5.60 Å². The Kier molecular flexibility index (Phi) is 7.51. The van der Waals surface area contributed by atoms with Crippen LogP contribution in [0, 0.1) is 0 Å². The first-order chi connectivity index (χ1) is 11.2. The fourth-order valence-electron chi connectivity index (χ4n) is 1.52. The van der Waals surface area contributed by atoms with Crippen molar-refractivity contribution in [2.75, 3.05) is 6.61 Å². The largest absolute Gasteiger partial charge is 0.457 e. The van der Waals surface area contributed by atoms with Crippen LogP contribution >= 0.6 is 11.8 Å². The van der Waals surface area contributed by atoms with E-state index in [1.54, 1.807) is 58.0 Å². The van der Waals surface area contributed by atoms with Gasteiger partial charge < -0.3 is 9.47 Å². The lowest BCUT2D eigenvalue weighted by Gasteiger charge is -2.19. The van der Waals surface area contributed by atoms with Gasteiger partial charge in [0.25, 0.3) is 0 Å². The van der Waals surface area contributed by atoms with Gasteiger partial charge in [0.05, 0.1) is 5.03 Å². The molecule has 24 heavy (non-hydrogen) atoms. The van der Waals surface area contributed by atoms with Crippen LogP contribution < -0.4 is 5.32 Å². The van der Waals surface area contributed by atoms with Crippen molar-refractivity contribution in [1.29, 1.82) is 0 Å². The number of nitrogens with one attached hydrogen (secondary N) is 1. The molecule has 0 saturated carbocycles. The lowest BCUT2D eigenvalue weighted by atomic mass is 10.2. The highest BCUT2D eigenvalue weighted by atomic mass is 32.2. The summed E-state index contributed by atoms with van der Waals surface area (Å²) in [5.41, 5.74) is -0.130. The number of alkyl carbamates (subject to hydrolysis) is 1. The fourth-order valence-corrected chi connectivity index (χ4v) is 2.23. The fraction of sp³-hybridized carbons (Fsp3) is 0.353. The van der Waals surface area contributed by atoms with Crippen molar-refractivity contribution in [3.8, 4) is 0 Å². The Balaban J connectivity index is 2.47. The molecular formula is C17H21NO5S. The Bertz CT molecular complexity index is 620. The van der Waals surface area contributed by atoms with Crippen LogP contribution in [-0.2, 0) is 14.3 Å². The molecule has 0 radical (unpaired) electrons. The molecule has 0 aromatic heterocycles. The van der Waals surface area contributed by atoms with Gasteiger partial charge in [0.15, 0.2) is 6.61 Å². The van der Waals surface area contributed by atoms with E-state index in [9.17, 15) is 14.4 Å². The van der Waals surface area contributed by atoms with Gasteiger partial charge in [-0.3, -0.25) is 10.1 Å². The number of hydrogen-bond acceptors (Lipinski definition) is 6. The van der Waals surface area contributed by atoms with Crippen molar-refractivity contribution >= 4 is 28.9 Å². The minimum atomic E-state index is -0.831. The molecule has 0 spiro atoms. The van der Waals surface area contributed by atoms with Crippen LogP contribution in [0.1, 0.15) is 38.1 Å². The van der Waals surface area contributed by atoms with Crippen molar-refractivity contribution in [2.45, 2.75) is 33.3 Å². The normalized spacial score (nSPS) is 11.6. The van der Waals surface area contributed by atoms with E-state index in [1.807, 2.05) is 6.07 Å². The molecule has 1 N–H and O–H groups in total. The summed E-state index contributed by atoms with van der Waals surface area (Å²) in [6.07, 6.45) is 0.739. The third-order valence-corrected chi connectivity index (χ3v) is 3.42. The lowest BCUT2D eigenvalue weighted by Crippen LogP contribution is -2.30. The highest BCUT2D eigenvalue weighted by Crippen LogP contribution is 2.19. The van der Waals surface area contributed by atoms with Crippen molar-refractivity contribution in [3.05, 3.63) is 47.0 Å². The molecule has 0 heterocycles. The molecule has 1 aromatic rings. The summed E-state index contributed by atoms with van der Waals surface area (Å²) in [5, 5.41) is 2.53. The summed E-state index contributed by atoms with van der Waals surface area (Å²) in [7, 11) is 0. The van der Waals surface area contributed by atoms with E-state index < -0.39 is 24.3 Å². The lowest BCUT2D eigenvalue weighted by molar-refractivity contribution is -0.158. The molecule has 1 rings (SSSR count). The Morgan fingerprint density at radius 2 is 1.79 bits per heavy atom. The summed E-state index contributed by atoms with van der Waals surface area (Å²) in [6.45, 7) is 6.32. The second kappa shape index (κ2) is 9.12. The first-order valence-electron chi connectivity index (χ1n) is 7.30. The van der Waals surface area contributed by atoms with Crippen LogP contribution in [0.4, 0.5) is 4.79 Å². The van der Waals surface area contributed by atoms with Gasteiger partial charge >= 0.3 is 12.1 Å². The van der Waals surface area contributed by atoms with Gasteiger partial charge in [0, 0.05) is 5.56 Å². The number of carbonyl (C=O) groups excluding carboxylic acids is 3. The second-order valence-corrected chi connectivity index (χ2v) is 6.71. The number of benzene rings is 1. The van der Waals surface area contributed by atoms with Crippen LogP contribution in [0.3, 0.4) is 0 Å². The Morgan fingerprint density at radius 1 is 1.17 bits per heavy atom. The summed E-state index contributed by atoms with van der Waals surface area (Å²) in [4.78, 5) is 35.2. The predicted molar refractivity (Wildman–Crippen MR) is 92.4 cm³/mol. The number of thioether (sulfide) groups is 1. The monoisotopic (exact) mass is 351 g/mol. The van der Waals surface area contributed by atoms with Crippen LogP contribution in [0.2, 0.25) is 0 Å². The Hall–Kier alpha value is -2.28. The summed E-state index contributed by atoms with van der Waals surface area (Å²) < 4.78 is 9.80. The number of allylic oxidation sites excluding steroid dienone is 1. The zero-order valence-corrected chi connectivity index (χ0v) is 14.9. The van der Waals surface area contributed by atoms with Gasteiger partial charge in [-0.1, -0.05) is 36.4 Å². The molecule has 1 amide bonds. The first-order valence-corrected chi connectivity index (χ1v) is 8.12. The first kappa shape index (κ1) is 19.8.